The van der Waals surface area contributed by atoms with E-state index in [0.29, 0.717) is 6.42 Å². The molecule has 0 saturated carbocycles. The summed E-state index contributed by atoms with van der Waals surface area (Å²) in [4.78, 5) is 12.3. The van der Waals surface area contributed by atoms with Crippen molar-refractivity contribution in [1.82, 2.24) is 5.32 Å². The molecule has 1 atom stereocenters. The van der Waals surface area contributed by atoms with E-state index in [1.165, 1.54) is 16.7 Å². The number of rotatable bonds is 6. The van der Waals surface area contributed by atoms with Gasteiger partial charge < -0.3 is 10.1 Å². The number of amides is 1. The van der Waals surface area contributed by atoms with Gasteiger partial charge in [0.2, 0.25) is 5.91 Å². The lowest BCUT2D eigenvalue weighted by Crippen LogP contribution is -2.29. The smallest absolute Gasteiger partial charge is 0.224 e. The van der Waals surface area contributed by atoms with Crippen LogP contribution in [-0.4, -0.2) is 13.0 Å². The van der Waals surface area contributed by atoms with Gasteiger partial charge >= 0.3 is 0 Å². The van der Waals surface area contributed by atoms with E-state index in [-0.39, 0.29) is 11.9 Å². The zero-order valence-electron chi connectivity index (χ0n) is 14.3. The zero-order chi connectivity index (χ0) is 16.8. The van der Waals surface area contributed by atoms with Gasteiger partial charge in [0, 0.05) is 0 Å². The third kappa shape index (κ3) is 4.59. The molecule has 3 heteroatoms. The maximum Gasteiger partial charge on any atom is 0.224 e. The fraction of sp³-hybridized carbons (Fsp3) is 0.350. The quantitative estimate of drug-likeness (QED) is 0.871. The van der Waals surface area contributed by atoms with Gasteiger partial charge in [0.25, 0.3) is 0 Å². The van der Waals surface area contributed by atoms with Gasteiger partial charge in [0.05, 0.1) is 19.6 Å². The lowest BCUT2D eigenvalue weighted by Gasteiger charge is -2.19. The Morgan fingerprint density at radius 1 is 1.09 bits per heavy atom. The van der Waals surface area contributed by atoms with Crippen LogP contribution in [0.3, 0.4) is 0 Å². The number of aryl methyl sites for hydroxylation is 2. The second kappa shape index (κ2) is 7.82. The Morgan fingerprint density at radius 3 is 2.35 bits per heavy atom. The van der Waals surface area contributed by atoms with Crippen molar-refractivity contribution < 1.29 is 9.53 Å². The highest BCUT2D eigenvalue weighted by Gasteiger charge is 2.13. The molecule has 2 aromatic rings. The molecule has 0 spiro atoms. The standard InChI is InChI=1S/C20H25NO2/c1-5-19(17-9-6-14(2)15(3)12-17)21-20(22)13-16-7-10-18(23-4)11-8-16/h6-12,19H,5,13H2,1-4H3,(H,21,22)/t19-/m1/s1. The molecule has 0 radical (unpaired) electrons. The van der Waals surface area contributed by atoms with Crippen molar-refractivity contribution in [2.45, 2.75) is 39.7 Å². The van der Waals surface area contributed by atoms with E-state index in [4.69, 9.17) is 4.74 Å². The summed E-state index contributed by atoms with van der Waals surface area (Å²) in [7, 11) is 1.64. The Kier molecular flexibility index (Phi) is 5.80. The molecule has 122 valence electrons. The highest BCUT2D eigenvalue weighted by molar-refractivity contribution is 5.79. The maximum atomic E-state index is 12.3. The third-order valence-electron chi connectivity index (χ3n) is 4.20. The Bertz CT molecular complexity index is 662. The largest absolute Gasteiger partial charge is 0.497 e. The molecule has 0 saturated heterocycles. The summed E-state index contributed by atoms with van der Waals surface area (Å²) in [6.07, 6.45) is 1.25. The Balaban J connectivity index is 2.02. The average Bonchev–Trinajstić information content (AvgIpc) is 2.56. The second-order valence-electron chi connectivity index (χ2n) is 5.90. The monoisotopic (exact) mass is 311 g/mol. The fourth-order valence-electron chi connectivity index (χ4n) is 2.58. The van der Waals surface area contributed by atoms with Crippen LogP contribution in [0.15, 0.2) is 42.5 Å². The molecular weight excluding hydrogens is 286 g/mol. The van der Waals surface area contributed by atoms with Crippen molar-refractivity contribution in [1.29, 1.82) is 0 Å². The highest BCUT2D eigenvalue weighted by Crippen LogP contribution is 2.20. The Labute approximate surface area is 138 Å². The van der Waals surface area contributed by atoms with Crippen molar-refractivity contribution in [3.05, 3.63) is 64.7 Å². The third-order valence-corrected chi connectivity index (χ3v) is 4.20. The first-order valence-electron chi connectivity index (χ1n) is 8.03. The summed E-state index contributed by atoms with van der Waals surface area (Å²) >= 11 is 0. The van der Waals surface area contributed by atoms with Crippen LogP contribution in [0.1, 0.15) is 41.6 Å². The molecule has 2 aromatic carbocycles. The minimum atomic E-state index is 0.0419. The van der Waals surface area contributed by atoms with E-state index < -0.39 is 0 Å². The molecular formula is C20H25NO2. The zero-order valence-corrected chi connectivity index (χ0v) is 14.3. The van der Waals surface area contributed by atoms with E-state index in [1.54, 1.807) is 7.11 Å². The second-order valence-corrected chi connectivity index (χ2v) is 5.90. The molecule has 23 heavy (non-hydrogen) atoms. The number of nitrogens with one attached hydrogen (secondary N) is 1. The van der Waals surface area contributed by atoms with Crippen molar-refractivity contribution >= 4 is 5.91 Å². The van der Waals surface area contributed by atoms with E-state index in [0.717, 1.165) is 17.7 Å². The lowest BCUT2D eigenvalue weighted by atomic mass is 9.99. The molecule has 0 heterocycles. The predicted octanol–water partition coefficient (Wildman–Crippen LogP) is 4.12. The van der Waals surface area contributed by atoms with Gasteiger partial charge in [-0.15, -0.1) is 0 Å². The number of benzene rings is 2. The summed E-state index contributed by atoms with van der Waals surface area (Å²) in [6.45, 7) is 6.29. The Hall–Kier alpha value is -2.29. The number of methoxy groups -OCH3 is 1. The molecule has 3 nitrogen and oxygen atoms in total. The minimum absolute atomic E-state index is 0.0419. The topological polar surface area (TPSA) is 38.3 Å². The van der Waals surface area contributed by atoms with Crippen molar-refractivity contribution in [3.8, 4) is 5.75 Å². The van der Waals surface area contributed by atoms with Crippen LogP contribution in [0, 0.1) is 13.8 Å². The molecule has 2 rings (SSSR count). The summed E-state index contributed by atoms with van der Waals surface area (Å²) in [6, 6.07) is 14.0. The van der Waals surface area contributed by atoms with Crippen LogP contribution in [0.25, 0.3) is 0 Å². The molecule has 0 unspecified atom stereocenters. The SMILES string of the molecule is CC[C@@H](NC(=O)Cc1ccc(OC)cc1)c1ccc(C)c(C)c1. The molecule has 0 aromatic heterocycles. The first-order chi connectivity index (χ1) is 11.0. The first-order valence-corrected chi connectivity index (χ1v) is 8.03. The van der Waals surface area contributed by atoms with E-state index in [1.807, 2.05) is 24.3 Å². The van der Waals surface area contributed by atoms with Crippen molar-refractivity contribution in [2.75, 3.05) is 7.11 Å². The van der Waals surface area contributed by atoms with Crippen LogP contribution in [0.2, 0.25) is 0 Å². The molecule has 1 N–H and O–H groups in total. The number of carbonyl (C=O) groups is 1. The van der Waals surface area contributed by atoms with Crippen molar-refractivity contribution in [2.24, 2.45) is 0 Å². The summed E-state index contributed by atoms with van der Waals surface area (Å²) in [5.41, 5.74) is 4.68. The van der Waals surface area contributed by atoms with E-state index in [9.17, 15) is 4.79 Å². The van der Waals surface area contributed by atoms with E-state index in [2.05, 4.69) is 44.3 Å². The highest BCUT2D eigenvalue weighted by atomic mass is 16.5. The lowest BCUT2D eigenvalue weighted by molar-refractivity contribution is -0.121. The number of hydrogen-bond acceptors (Lipinski definition) is 2. The van der Waals surface area contributed by atoms with Gasteiger partial charge in [-0.1, -0.05) is 37.3 Å². The molecule has 0 aliphatic rings. The van der Waals surface area contributed by atoms with Crippen LogP contribution < -0.4 is 10.1 Å². The number of ether oxygens (including phenoxy) is 1. The predicted molar refractivity (Wildman–Crippen MR) is 93.8 cm³/mol. The van der Waals surface area contributed by atoms with Gasteiger partial charge in [0.1, 0.15) is 5.75 Å². The first kappa shape index (κ1) is 17.1. The van der Waals surface area contributed by atoms with Crippen LogP contribution >= 0.6 is 0 Å². The number of carbonyl (C=O) groups excluding carboxylic acids is 1. The molecule has 0 bridgehead atoms. The summed E-state index contributed by atoms with van der Waals surface area (Å²) in [5.74, 6) is 0.843. The Morgan fingerprint density at radius 2 is 1.78 bits per heavy atom. The molecule has 0 aliphatic heterocycles. The summed E-state index contributed by atoms with van der Waals surface area (Å²) in [5, 5.41) is 3.14. The number of hydrogen-bond donors (Lipinski definition) is 1. The van der Waals surface area contributed by atoms with E-state index >= 15 is 0 Å². The van der Waals surface area contributed by atoms with Gasteiger partial charge in [-0.25, -0.2) is 0 Å². The minimum Gasteiger partial charge on any atom is -0.497 e. The molecule has 0 fully saturated rings. The summed E-state index contributed by atoms with van der Waals surface area (Å²) < 4.78 is 5.13. The maximum absolute atomic E-state index is 12.3. The van der Waals surface area contributed by atoms with Crippen LogP contribution in [0.4, 0.5) is 0 Å². The molecule has 0 aliphatic carbocycles. The van der Waals surface area contributed by atoms with Crippen molar-refractivity contribution in [3.63, 3.8) is 0 Å². The van der Waals surface area contributed by atoms with Gasteiger partial charge in [-0.3, -0.25) is 4.79 Å². The van der Waals surface area contributed by atoms with Gasteiger partial charge in [-0.05, 0) is 54.7 Å². The van der Waals surface area contributed by atoms with Crippen LogP contribution in [-0.2, 0) is 11.2 Å². The average molecular weight is 311 g/mol. The van der Waals surface area contributed by atoms with Crippen LogP contribution in [0.5, 0.6) is 5.75 Å². The normalized spacial score (nSPS) is 11.8. The van der Waals surface area contributed by atoms with Gasteiger partial charge in [0.15, 0.2) is 0 Å². The van der Waals surface area contributed by atoms with Gasteiger partial charge in [-0.2, -0.15) is 0 Å². The fourth-order valence-corrected chi connectivity index (χ4v) is 2.58. The molecule has 1 amide bonds.